The lowest BCUT2D eigenvalue weighted by atomic mass is 9.66. The molecule has 0 bridgehead atoms. The zero-order chi connectivity index (χ0) is 38.4. The van der Waals surface area contributed by atoms with E-state index in [0.717, 1.165) is 58.3 Å². The quantitative estimate of drug-likeness (QED) is 0.188. The van der Waals surface area contributed by atoms with Crippen LogP contribution in [0, 0.1) is 34.8 Å². The number of nitrogens with zero attached hydrogens (tertiary/aromatic N) is 5. The van der Waals surface area contributed by atoms with Gasteiger partial charge in [0, 0.05) is 61.4 Å². The molecule has 2 saturated carbocycles. The van der Waals surface area contributed by atoms with Crippen LogP contribution < -0.4 is 14.4 Å². The summed E-state index contributed by atoms with van der Waals surface area (Å²) in [6, 6.07) is 6.63. The number of fused-ring (bicyclic) bond motifs is 3. The van der Waals surface area contributed by atoms with Gasteiger partial charge in [-0.15, -0.1) is 6.42 Å². The van der Waals surface area contributed by atoms with Gasteiger partial charge >= 0.3 is 6.01 Å². The monoisotopic (exact) mass is 767 g/mol. The fourth-order valence-electron chi connectivity index (χ4n) is 10.9. The van der Waals surface area contributed by atoms with Crippen molar-refractivity contribution in [1.29, 1.82) is 0 Å². The van der Waals surface area contributed by atoms with Gasteiger partial charge in [-0.3, -0.25) is 4.90 Å². The number of anilines is 1. The Labute approximate surface area is 326 Å². The molecule has 4 aromatic rings. The molecule has 1 spiro atoms. The molecule has 5 fully saturated rings. The Kier molecular flexibility index (Phi) is 10.1. The molecule has 0 unspecified atom stereocenters. The lowest BCUT2D eigenvalue weighted by Crippen LogP contribution is -2.56. The highest BCUT2D eigenvalue weighted by Gasteiger charge is 2.51. The number of methoxy groups -OCH3 is 1. The van der Waals surface area contributed by atoms with Crippen LogP contribution in [0.4, 0.5) is 14.6 Å². The minimum atomic E-state index is -0.778. The summed E-state index contributed by atoms with van der Waals surface area (Å²) in [7, 11) is 1.46. The fourth-order valence-corrected chi connectivity index (χ4v) is 10.9. The minimum absolute atomic E-state index is 0.0397. The summed E-state index contributed by atoms with van der Waals surface area (Å²) < 4.78 is 56.5. The van der Waals surface area contributed by atoms with Gasteiger partial charge in [-0.05, 0) is 106 Å². The second kappa shape index (κ2) is 15.2. The standard InChI is InChI=1S/C44H51F2N5O5/c1-3-31-33(45)9-8-28-25-30(52)26-32(35(28)31)38-37(46)39-36(41(47-38)53-2)40(50-18-6-21-54-24-20-50)49-42(48-39)56-27-44-12-4-7-34(44)51(19-5-13-44)29-10-14-43(15-11-29)16-22-55-23-17-43/h1,8-9,25-26,29,34,52H,4-7,10-24,27H2,2H3/t34-,44-/m1/s1. The lowest BCUT2D eigenvalue weighted by Gasteiger charge is -2.52. The van der Waals surface area contributed by atoms with Crippen LogP contribution in [0.15, 0.2) is 24.3 Å². The van der Waals surface area contributed by atoms with E-state index in [1.807, 2.05) is 0 Å². The van der Waals surface area contributed by atoms with Crippen molar-refractivity contribution >= 4 is 27.5 Å². The Morgan fingerprint density at radius 3 is 2.50 bits per heavy atom. The SMILES string of the molecule is C#Cc1c(F)ccc2cc(O)cc(-c3nc(OC)c4c(N5CCCOCC5)nc(OC[C@]56CCC[C@H]5N(C5CCC7(CCOCC7)CC5)CCC6)nc4c3F)c12. The number of piperidine rings is 1. The molecular weight excluding hydrogens is 717 g/mol. The first kappa shape index (κ1) is 37.3. The van der Waals surface area contributed by atoms with Crippen LogP contribution in [0.25, 0.3) is 32.9 Å². The van der Waals surface area contributed by atoms with Gasteiger partial charge < -0.3 is 29.0 Å². The van der Waals surface area contributed by atoms with Crippen molar-refractivity contribution in [1.82, 2.24) is 19.9 Å². The Bertz CT molecular complexity index is 2150. The zero-order valence-electron chi connectivity index (χ0n) is 32.3. The number of benzene rings is 2. The van der Waals surface area contributed by atoms with Crippen molar-refractivity contribution in [2.75, 3.05) is 64.7 Å². The van der Waals surface area contributed by atoms with E-state index in [1.54, 1.807) is 0 Å². The van der Waals surface area contributed by atoms with Gasteiger partial charge in [0.25, 0.3) is 0 Å². The summed E-state index contributed by atoms with van der Waals surface area (Å²) in [6.45, 7) is 5.58. The van der Waals surface area contributed by atoms with Gasteiger partial charge in [-0.1, -0.05) is 18.4 Å². The van der Waals surface area contributed by atoms with E-state index in [1.165, 1.54) is 69.9 Å². The molecule has 5 aliphatic rings. The Morgan fingerprint density at radius 2 is 1.70 bits per heavy atom. The van der Waals surface area contributed by atoms with Crippen molar-refractivity contribution in [3.05, 3.63) is 41.5 Å². The molecule has 12 heteroatoms. The second-order valence-electron chi connectivity index (χ2n) is 16.7. The number of pyridine rings is 1. The number of hydrogen-bond donors (Lipinski definition) is 1. The predicted octanol–water partition coefficient (Wildman–Crippen LogP) is 7.80. The van der Waals surface area contributed by atoms with E-state index >= 15 is 8.78 Å². The molecule has 2 atom stereocenters. The molecule has 2 aromatic heterocycles. The van der Waals surface area contributed by atoms with Crippen LogP contribution in [-0.4, -0.2) is 96.8 Å². The molecule has 5 heterocycles. The number of terminal acetylenes is 1. The fraction of sp³-hybridized carbons (Fsp3) is 0.568. The molecule has 2 aliphatic carbocycles. The number of phenolic OH excluding ortho intramolecular Hbond substituents is 1. The van der Waals surface area contributed by atoms with Gasteiger partial charge in [-0.25, -0.2) is 13.8 Å². The first-order valence-electron chi connectivity index (χ1n) is 20.5. The summed E-state index contributed by atoms with van der Waals surface area (Å²) in [4.78, 5) is 19.3. The van der Waals surface area contributed by atoms with Gasteiger partial charge in [0.1, 0.15) is 34.0 Å². The number of hydrogen-bond acceptors (Lipinski definition) is 10. The minimum Gasteiger partial charge on any atom is -0.508 e. The van der Waals surface area contributed by atoms with E-state index in [9.17, 15) is 5.11 Å². The zero-order valence-corrected chi connectivity index (χ0v) is 32.3. The van der Waals surface area contributed by atoms with Crippen LogP contribution in [0.2, 0.25) is 0 Å². The van der Waals surface area contributed by atoms with Crippen molar-refractivity contribution in [2.45, 2.75) is 89.1 Å². The molecular formula is C44H51F2N5O5. The van der Waals surface area contributed by atoms with Crippen LogP contribution in [0.1, 0.15) is 82.6 Å². The van der Waals surface area contributed by atoms with Crippen molar-refractivity contribution in [3.8, 4) is 41.2 Å². The summed E-state index contributed by atoms with van der Waals surface area (Å²) in [5, 5.41) is 11.7. The largest absolute Gasteiger partial charge is 0.508 e. The lowest BCUT2D eigenvalue weighted by molar-refractivity contribution is -0.0574. The summed E-state index contributed by atoms with van der Waals surface area (Å²) in [5.74, 6) is 1.39. The first-order valence-corrected chi connectivity index (χ1v) is 20.5. The van der Waals surface area contributed by atoms with Gasteiger partial charge in [0.05, 0.1) is 25.9 Å². The molecule has 0 radical (unpaired) electrons. The number of aromatic nitrogens is 3. The molecule has 2 aromatic carbocycles. The number of rotatable bonds is 7. The van der Waals surface area contributed by atoms with Crippen LogP contribution >= 0.6 is 0 Å². The number of likely N-dealkylation sites (tertiary alicyclic amines) is 1. The van der Waals surface area contributed by atoms with Gasteiger partial charge in [0.15, 0.2) is 5.82 Å². The van der Waals surface area contributed by atoms with Crippen molar-refractivity contribution in [2.24, 2.45) is 10.8 Å². The number of aromatic hydroxyl groups is 1. The average Bonchev–Trinajstić information content (AvgIpc) is 3.47. The third-order valence-corrected chi connectivity index (χ3v) is 13.8. The van der Waals surface area contributed by atoms with Gasteiger partial charge in [0.2, 0.25) is 5.88 Å². The van der Waals surface area contributed by atoms with E-state index in [4.69, 9.17) is 35.3 Å². The third-order valence-electron chi connectivity index (χ3n) is 13.8. The third kappa shape index (κ3) is 6.59. The molecule has 10 nitrogen and oxygen atoms in total. The normalized spacial score (nSPS) is 24.6. The highest BCUT2D eigenvalue weighted by Crippen LogP contribution is 2.52. The van der Waals surface area contributed by atoms with Crippen LogP contribution in [0.5, 0.6) is 17.6 Å². The van der Waals surface area contributed by atoms with E-state index in [-0.39, 0.29) is 50.8 Å². The van der Waals surface area contributed by atoms with E-state index < -0.39 is 11.6 Å². The first-order chi connectivity index (χ1) is 27.3. The molecule has 3 saturated heterocycles. The average molecular weight is 768 g/mol. The van der Waals surface area contributed by atoms with Crippen LogP contribution in [0.3, 0.4) is 0 Å². The molecule has 1 N–H and O–H groups in total. The Morgan fingerprint density at radius 1 is 0.893 bits per heavy atom. The second-order valence-corrected chi connectivity index (χ2v) is 16.7. The topological polar surface area (TPSA) is 102 Å². The van der Waals surface area contributed by atoms with Crippen LogP contribution in [-0.2, 0) is 9.47 Å². The summed E-state index contributed by atoms with van der Waals surface area (Å²) in [6.07, 6.45) is 19.5. The summed E-state index contributed by atoms with van der Waals surface area (Å²) in [5.41, 5.74) is 0.263. The molecule has 296 valence electrons. The molecule has 3 aliphatic heterocycles. The highest BCUT2D eigenvalue weighted by atomic mass is 19.1. The Balaban J connectivity index is 1.09. The molecule has 56 heavy (non-hydrogen) atoms. The van der Waals surface area contributed by atoms with Gasteiger partial charge in [-0.2, -0.15) is 9.97 Å². The predicted molar refractivity (Wildman–Crippen MR) is 210 cm³/mol. The Hall–Kier alpha value is -4.31. The number of ether oxygens (including phenoxy) is 4. The number of phenols is 1. The molecule has 9 rings (SSSR count). The van der Waals surface area contributed by atoms with E-state index in [2.05, 4.69) is 20.7 Å². The molecule has 0 amide bonds. The van der Waals surface area contributed by atoms with Crippen molar-refractivity contribution in [3.63, 3.8) is 0 Å². The maximum atomic E-state index is 17.3. The van der Waals surface area contributed by atoms with Crippen molar-refractivity contribution < 1.29 is 32.8 Å². The van der Waals surface area contributed by atoms with E-state index in [0.29, 0.717) is 67.0 Å². The maximum absolute atomic E-state index is 17.3. The smallest absolute Gasteiger partial charge is 0.319 e. The highest BCUT2D eigenvalue weighted by molar-refractivity contribution is 6.04. The number of halogens is 2. The summed E-state index contributed by atoms with van der Waals surface area (Å²) >= 11 is 0. The maximum Gasteiger partial charge on any atom is 0.319 e.